The lowest BCUT2D eigenvalue weighted by molar-refractivity contribution is -0.148. The number of carbonyl (C=O) groups excluding carboxylic acids is 1. The second kappa shape index (κ2) is 6.57. The molecule has 0 spiro atoms. The van der Waals surface area contributed by atoms with E-state index in [2.05, 4.69) is 25.8 Å². The first kappa shape index (κ1) is 14.6. The molecule has 0 radical (unpaired) electrons. The summed E-state index contributed by atoms with van der Waals surface area (Å²) in [5, 5.41) is 0.592. The summed E-state index contributed by atoms with van der Waals surface area (Å²) >= 11 is 9.36. The molecule has 104 valence electrons. The first-order valence-corrected chi connectivity index (χ1v) is 7.51. The number of anilines is 1. The van der Waals surface area contributed by atoms with Crippen LogP contribution >= 0.6 is 27.5 Å². The van der Waals surface area contributed by atoms with Gasteiger partial charge in [0.15, 0.2) is 0 Å². The molecule has 0 amide bonds. The summed E-state index contributed by atoms with van der Waals surface area (Å²) in [7, 11) is 0. The van der Waals surface area contributed by atoms with Crippen LogP contribution in [0.4, 0.5) is 5.82 Å². The predicted octanol–water partition coefficient (Wildman–Crippen LogP) is 3.28. The maximum atomic E-state index is 11.8. The molecule has 1 aromatic heterocycles. The van der Waals surface area contributed by atoms with E-state index in [1.807, 2.05) is 13.0 Å². The first-order chi connectivity index (χ1) is 9.11. The molecule has 1 aromatic rings. The van der Waals surface area contributed by atoms with E-state index in [1.54, 1.807) is 6.20 Å². The minimum absolute atomic E-state index is 0.0712. The Hall–Kier alpha value is -0.810. The Kier molecular flexibility index (Phi) is 5.05. The number of halogens is 2. The van der Waals surface area contributed by atoms with Crippen LogP contribution in [-0.2, 0) is 9.53 Å². The zero-order valence-electron chi connectivity index (χ0n) is 10.7. The van der Waals surface area contributed by atoms with Gasteiger partial charge in [-0.05, 0) is 41.8 Å². The summed E-state index contributed by atoms with van der Waals surface area (Å²) in [6.07, 6.45) is 3.45. The van der Waals surface area contributed by atoms with E-state index < -0.39 is 0 Å². The molecule has 4 nitrogen and oxygen atoms in total. The van der Waals surface area contributed by atoms with Crippen LogP contribution in [0.5, 0.6) is 0 Å². The highest BCUT2D eigenvalue weighted by molar-refractivity contribution is 9.10. The lowest BCUT2D eigenvalue weighted by Gasteiger charge is -2.32. The van der Waals surface area contributed by atoms with Crippen molar-refractivity contribution in [3.05, 3.63) is 21.8 Å². The van der Waals surface area contributed by atoms with Gasteiger partial charge in [0, 0.05) is 19.3 Å². The Balaban J connectivity index is 2.10. The number of hydrogen-bond donors (Lipinski definition) is 0. The fraction of sp³-hybridized carbons (Fsp3) is 0.538. The van der Waals surface area contributed by atoms with Gasteiger partial charge >= 0.3 is 5.97 Å². The fourth-order valence-corrected chi connectivity index (χ4v) is 3.15. The van der Waals surface area contributed by atoms with Crippen LogP contribution in [0.15, 0.2) is 16.7 Å². The van der Waals surface area contributed by atoms with E-state index in [0.29, 0.717) is 18.2 Å². The monoisotopic (exact) mass is 346 g/mol. The molecule has 1 unspecified atom stereocenters. The summed E-state index contributed by atoms with van der Waals surface area (Å²) in [4.78, 5) is 18.3. The number of pyridine rings is 1. The van der Waals surface area contributed by atoms with Gasteiger partial charge in [0.25, 0.3) is 0 Å². The zero-order chi connectivity index (χ0) is 13.8. The molecule has 1 atom stereocenters. The first-order valence-electron chi connectivity index (χ1n) is 6.34. The summed E-state index contributed by atoms with van der Waals surface area (Å²) < 4.78 is 5.95. The van der Waals surface area contributed by atoms with Crippen molar-refractivity contribution in [2.45, 2.75) is 19.8 Å². The average Bonchev–Trinajstić information content (AvgIpc) is 2.39. The number of nitrogens with zero attached hydrogens (tertiary/aromatic N) is 2. The van der Waals surface area contributed by atoms with Crippen molar-refractivity contribution < 1.29 is 9.53 Å². The lowest BCUT2D eigenvalue weighted by Crippen LogP contribution is -2.40. The second-order valence-electron chi connectivity index (χ2n) is 4.50. The van der Waals surface area contributed by atoms with Crippen molar-refractivity contribution in [1.29, 1.82) is 0 Å². The van der Waals surface area contributed by atoms with Gasteiger partial charge in [0.2, 0.25) is 0 Å². The number of aromatic nitrogens is 1. The summed E-state index contributed by atoms with van der Waals surface area (Å²) in [6.45, 7) is 3.79. The minimum atomic E-state index is -0.114. The van der Waals surface area contributed by atoms with Crippen molar-refractivity contribution in [3.8, 4) is 0 Å². The van der Waals surface area contributed by atoms with Crippen LogP contribution in [0.25, 0.3) is 0 Å². The molecule has 2 rings (SSSR count). The van der Waals surface area contributed by atoms with Crippen LogP contribution < -0.4 is 4.90 Å². The third-order valence-corrected chi connectivity index (χ3v) is 3.92. The Labute approximate surface area is 126 Å². The smallest absolute Gasteiger partial charge is 0.310 e. The molecule has 19 heavy (non-hydrogen) atoms. The lowest BCUT2D eigenvalue weighted by atomic mass is 9.98. The van der Waals surface area contributed by atoms with Gasteiger partial charge in [-0.15, -0.1) is 0 Å². The molecular weight excluding hydrogens is 332 g/mol. The molecule has 0 aromatic carbocycles. The van der Waals surface area contributed by atoms with Gasteiger partial charge in [0.1, 0.15) is 5.82 Å². The highest BCUT2D eigenvalue weighted by Crippen LogP contribution is 2.30. The van der Waals surface area contributed by atoms with Crippen molar-refractivity contribution in [2.24, 2.45) is 5.92 Å². The summed E-state index contributed by atoms with van der Waals surface area (Å²) in [6, 6.07) is 1.82. The van der Waals surface area contributed by atoms with Crippen LogP contribution in [0.2, 0.25) is 5.02 Å². The van der Waals surface area contributed by atoms with Gasteiger partial charge < -0.3 is 9.64 Å². The number of piperidine rings is 1. The van der Waals surface area contributed by atoms with Gasteiger partial charge in [0.05, 0.1) is 22.0 Å². The maximum absolute atomic E-state index is 11.8. The number of hydrogen-bond acceptors (Lipinski definition) is 4. The predicted molar refractivity (Wildman–Crippen MR) is 78.5 cm³/mol. The number of esters is 1. The van der Waals surface area contributed by atoms with E-state index in [-0.39, 0.29) is 11.9 Å². The second-order valence-corrected chi connectivity index (χ2v) is 5.79. The summed E-state index contributed by atoms with van der Waals surface area (Å²) in [5.41, 5.74) is 0. The van der Waals surface area contributed by atoms with Crippen molar-refractivity contribution in [2.75, 3.05) is 24.6 Å². The number of rotatable bonds is 3. The largest absolute Gasteiger partial charge is 0.466 e. The Morgan fingerprint density at radius 2 is 2.47 bits per heavy atom. The molecule has 1 fully saturated rings. The minimum Gasteiger partial charge on any atom is -0.466 e. The van der Waals surface area contributed by atoms with Crippen molar-refractivity contribution in [1.82, 2.24) is 4.98 Å². The van der Waals surface area contributed by atoms with Gasteiger partial charge in [-0.1, -0.05) is 11.6 Å². The van der Waals surface area contributed by atoms with Crippen molar-refractivity contribution >= 4 is 39.3 Å². The fourth-order valence-electron chi connectivity index (χ4n) is 2.26. The quantitative estimate of drug-likeness (QED) is 0.787. The topological polar surface area (TPSA) is 42.4 Å². The van der Waals surface area contributed by atoms with E-state index >= 15 is 0 Å². The van der Waals surface area contributed by atoms with Crippen molar-refractivity contribution in [3.63, 3.8) is 0 Å². The summed E-state index contributed by atoms with van der Waals surface area (Å²) in [5.74, 6) is 0.647. The third kappa shape index (κ3) is 3.60. The van der Waals surface area contributed by atoms with E-state index in [4.69, 9.17) is 16.3 Å². The van der Waals surface area contributed by atoms with Crippen LogP contribution in [-0.4, -0.2) is 30.6 Å². The highest BCUT2D eigenvalue weighted by Gasteiger charge is 2.28. The molecule has 0 bridgehead atoms. The number of carbonyl (C=O) groups is 1. The van der Waals surface area contributed by atoms with Gasteiger partial charge in [-0.25, -0.2) is 4.98 Å². The zero-order valence-corrected chi connectivity index (χ0v) is 13.1. The number of ether oxygens (including phenoxy) is 1. The molecule has 0 saturated carbocycles. The van der Waals surface area contributed by atoms with E-state index in [0.717, 1.165) is 29.7 Å². The maximum Gasteiger partial charge on any atom is 0.310 e. The Morgan fingerprint density at radius 1 is 1.68 bits per heavy atom. The van der Waals surface area contributed by atoms with Gasteiger partial charge in [-0.2, -0.15) is 0 Å². The van der Waals surface area contributed by atoms with E-state index in [1.165, 1.54) is 0 Å². The molecule has 1 aliphatic heterocycles. The van der Waals surface area contributed by atoms with Gasteiger partial charge in [-0.3, -0.25) is 4.79 Å². The Morgan fingerprint density at radius 3 is 3.16 bits per heavy atom. The Bertz CT molecular complexity index is 470. The van der Waals surface area contributed by atoms with E-state index in [9.17, 15) is 4.79 Å². The molecule has 1 saturated heterocycles. The van der Waals surface area contributed by atoms with Crippen LogP contribution in [0, 0.1) is 5.92 Å². The van der Waals surface area contributed by atoms with Crippen LogP contribution in [0.3, 0.4) is 0 Å². The SMILES string of the molecule is CCOC(=O)C1CCCN(c2ncc(Cl)cc2Br)C1. The molecule has 0 aliphatic carbocycles. The molecule has 1 aliphatic rings. The molecule has 6 heteroatoms. The molecule has 0 N–H and O–H groups in total. The highest BCUT2D eigenvalue weighted by atomic mass is 79.9. The standard InChI is InChI=1S/C13H16BrClN2O2/c1-2-19-13(18)9-4-3-5-17(8-9)12-11(14)6-10(15)7-16-12/h6-7,9H,2-5,8H2,1H3. The van der Waals surface area contributed by atoms with Crippen LogP contribution in [0.1, 0.15) is 19.8 Å². The average molecular weight is 348 g/mol. The molecular formula is C13H16BrClN2O2. The third-order valence-electron chi connectivity index (χ3n) is 3.13. The molecule has 2 heterocycles. The normalized spacial score (nSPS) is 19.3.